The lowest BCUT2D eigenvalue weighted by Gasteiger charge is -2.42. The molecule has 132 valence electrons. The number of aromatic nitrogens is 1. The van der Waals surface area contributed by atoms with Crippen LogP contribution in [0.2, 0.25) is 0 Å². The van der Waals surface area contributed by atoms with Crippen molar-refractivity contribution < 1.29 is 0 Å². The van der Waals surface area contributed by atoms with E-state index in [4.69, 9.17) is 0 Å². The fraction of sp³-hybridized carbons (Fsp3) is 0.458. The highest BCUT2D eigenvalue weighted by molar-refractivity contribution is 5.81. The van der Waals surface area contributed by atoms with Crippen LogP contribution in [0.3, 0.4) is 0 Å². The monoisotopic (exact) mass is 333 g/mol. The Hall–Kier alpha value is -1.89. The summed E-state index contributed by atoms with van der Waals surface area (Å²) in [5.74, 6) is 0. The van der Waals surface area contributed by atoms with Crippen molar-refractivity contribution in [2.45, 2.75) is 72.1 Å². The number of nitrogens with zero attached hydrogens (tertiary/aromatic N) is 1. The zero-order valence-corrected chi connectivity index (χ0v) is 16.8. The number of rotatable bonds is 2. The molecule has 0 N–H and O–H groups in total. The summed E-state index contributed by atoms with van der Waals surface area (Å²) in [6.45, 7) is 16.0. The molecule has 0 fully saturated rings. The zero-order chi connectivity index (χ0) is 18.4. The third-order valence-corrected chi connectivity index (χ3v) is 5.98. The number of benzene rings is 1. The van der Waals surface area contributed by atoms with Crippen LogP contribution in [0, 0.1) is 13.8 Å². The summed E-state index contributed by atoms with van der Waals surface area (Å²) in [4.78, 5) is 4.44. The Balaban J connectivity index is 2.09. The SMILES string of the molecule is C/C(=C/c1cc2c(cc1C)C(C)(C)CCC2(C)C)c1ccc(C)nc1. The van der Waals surface area contributed by atoms with Gasteiger partial charge in [-0.15, -0.1) is 0 Å². The van der Waals surface area contributed by atoms with Crippen LogP contribution in [0.5, 0.6) is 0 Å². The molecule has 0 saturated heterocycles. The third-order valence-electron chi connectivity index (χ3n) is 5.98. The van der Waals surface area contributed by atoms with Gasteiger partial charge in [0.15, 0.2) is 0 Å². The minimum absolute atomic E-state index is 0.250. The van der Waals surface area contributed by atoms with E-state index < -0.39 is 0 Å². The molecule has 1 aliphatic rings. The Morgan fingerprint density at radius 2 is 1.56 bits per heavy atom. The van der Waals surface area contributed by atoms with E-state index in [2.05, 4.69) is 76.9 Å². The summed E-state index contributed by atoms with van der Waals surface area (Å²) in [6.07, 6.45) is 6.80. The molecule has 2 aromatic rings. The van der Waals surface area contributed by atoms with Gasteiger partial charge in [0.25, 0.3) is 0 Å². The van der Waals surface area contributed by atoms with Crippen molar-refractivity contribution in [3.63, 3.8) is 0 Å². The highest BCUT2D eigenvalue weighted by Gasteiger charge is 2.37. The third kappa shape index (κ3) is 3.42. The number of hydrogen-bond donors (Lipinski definition) is 0. The van der Waals surface area contributed by atoms with Gasteiger partial charge >= 0.3 is 0 Å². The van der Waals surface area contributed by atoms with Crippen LogP contribution in [0.4, 0.5) is 0 Å². The van der Waals surface area contributed by atoms with Crippen molar-refractivity contribution >= 4 is 11.6 Å². The van der Waals surface area contributed by atoms with Gasteiger partial charge in [-0.3, -0.25) is 4.98 Å². The molecular formula is C24H31N. The molecule has 0 aliphatic heterocycles. The Labute approximate surface area is 153 Å². The van der Waals surface area contributed by atoms with Crippen LogP contribution in [0.15, 0.2) is 30.5 Å². The highest BCUT2D eigenvalue weighted by atomic mass is 14.7. The summed E-state index contributed by atoms with van der Waals surface area (Å²) in [5.41, 5.74) is 9.81. The molecule has 0 bridgehead atoms. The van der Waals surface area contributed by atoms with Crippen LogP contribution in [0.25, 0.3) is 11.6 Å². The van der Waals surface area contributed by atoms with E-state index in [1.54, 1.807) is 0 Å². The van der Waals surface area contributed by atoms with Gasteiger partial charge in [-0.1, -0.05) is 52.0 Å². The Morgan fingerprint density at radius 1 is 0.960 bits per heavy atom. The van der Waals surface area contributed by atoms with Gasteiger partial charge in [0.2, 0.25) is 0 Å². The maximum atomic E-state index is 4.44. The van der Waals surface area contributed by atoms with Gasteiger partial charge in [-0.05, 0) is 83.9 Å². The van der Waals surface area contributed by atoms with Gasteiger partial charge in [0.1, 0.15) is 0 Å². The van der Waals surface area contributed by atoms with Crippen molar-refractivity contribution in [2.24, 2.45) is 0 Å². The number of allylic oxidation sites excluding steroid dienone is 1. The van der Waals surface area contributed by atoms with E-state index in [1.165, 1.54) is 46.2 Å². The summed E-state index contributed by atoms with van der Waals surface area (Å²) in [6, 6.07) is 9.12. The van der Waals surface area contributed by atoms with Crippen molar-refractivity contribution in [1.82, 2.24) is 4.98 Å². The quantitative estimate of drug-likeness (QED) is 0.602. The van der Waals surface area contributed by atoms with Crippen molar-refractivity contribution in [2.75, 3.05) is 0 Å². The average molecular weight is 334 g/mol. The van der Waals surface area contributed by atoms with Crippen LogP contribution < -0.4 is 0 Å². The standard InChI is InChI=1S/C24H31N/c1-16(19-9-8-18(3)25-15-19)12-20-14-22-21(13-17(20)2)23(4,5)10-11-24(22,6)7/h8-9,12-15H,10-11H2,1-7H3/b16-12-. The minimum atomic E-state index is 0.250. The largest absolute Gasteiger partial charge is 0.261 e. The molecule has 1 heteroatoms. The number of fused-ring (bicyclic) bond motifs is 1. The van der Waals surface area contributed by atoms with Gasteiger partial charge < -0.3 is 0 Å². The fourth-order valence-electron chi connectivity index (χ4n) is 3.91. The second kappa shape index (κ2) is 6.12. The van der Waals surface area contributed by atoms with Crippen LogP contribution >= 0.6 is 0 Å². The molecule has 1 heterocycles. The molecule has 0 unspecified atom stereocenters. The molecule has 0 atom stereocenters. The van der Waals surface area contributed by atoms with Crippen molar-refractivity contribution in [3.05, 3.63) is 64.0 Å². The molecule has 0 spiro atoms. The van der Waals surface area contributed by atoms with Crippen molar-refractivity contribution in [1.29, 1.82) is 0 Å². The van der Waals surface area contributed by atoms with Crippen molar-refractivity contribution in [3.8, 4) is 0 Å². The first-order valence-corrected chi connectivity index (χ1v) is 9.37. The van der Waals surface area contributed by atoms with Gasteiger partial charge in [0.05, 0.1) is 0 Å². The predicted octanol–water partition coefficient (Wildman–Crippen LogP) is 6.61. The van der Waals surface area contributed by atoms with E-state index in [1.807, 2.05) is 13.1 Å². The molecule has 0 amide bonds. The smallest absolute Gasteiger partial charge is 0.0373 e. The second-order valence-electron chi connectivity index (χ2n) is 9.04. The molecule has 1 aromatic heterocycles. The first-order valence-electron chi connectivity index (χ1n) is 9.37. The molecule has 0 saturated carbocycles. The Morgan fingerprint density at radius 3 is 2.12 bits per heavy atom. The van der Waals surface area contributed by atoms with Crippen LogP contribution in [-0.4, -0.2) is 4.98 Å². The lowest BCUT2D eigenvalue weighted by atomic mass is 9.62. The molecule has 1 aliphatic carbocycles. The summed E-state index contributed by atoms with van der Waals surface area (Å²) in [7, 11) is 0. The molecule has 1 nitrogen and oxygen atoms in total. The molecule has 3 rings (SSSR count). The number of pyridine rings is 1. The Kier molecular flexibility index (Phi) is 4.39. The van der Waals surface area contributed by atoms with Crippen LogP contribution in [0.1, 0.15) is 81.0 Å². The molecular weight excluding hydrogens is 302 g/mol. The molecule has 25 heavy (non-hydrogen) atoms. The van der Waals surface area contributed by atoms with Crippen LogP contribution in [-0.2, 0) is 10.8 Å². The summed E-state index contributed by atoms with van der Waals surface area (Å²) >= 11 is 0. The zero-order valence-electron chi connectivity index (χ0n) is 16.8. The first kappa shape index (κ1) is 17.9. The first-order chi connectivity index (χ1) is 11.6. The number of aryl methyl sites for hydroxylation is 2. The minimum Gasteiger partial charge on any atom is -0.261 e. The normalized spacial score (nSPS) is 18.8. The average Bonchev–Trinajstić information content (AvgIpc) is 2.54. The lowest BCUT2D eigenvalue weighted by molar-refractivity contribution is 0.331. The molecule has 0 radical (unpaired) electrons. The summed E-state index contributed by atoms with van der Waals surface area (Å²) < 4.78 is 0. The van der Waals surface area contributed by atoms with E-state index in [0.717, 1.165) is 5.69 Å². The topological polar surface area (TPSA) is 12.9 Å². The fourth-order valence-corrected chi connectivity index (χ4v) is 3.91. The number of hydrogen-bond acceptors (Lipinski definition) is 1. The van der Waals surface area contributed by atoms with E-state index >= 15 is 0 Å². The maximum Gasteiger partial charge on any atom is 0.0373 e. The highest BCUT2D eigenvalue weighted by Crippen LogP contribution is 2.46. The molecule has 1 aromatic carbocycles. The Bertz CT molecular complexity index is 820. The second-order valence-corrected chi connectivity index (χ2v) is 9.04. The van der Waals surface area contributed by atoms with Gasteiger partial charge in [-0.2, -0.15) is 0 Å². The predicted molar refractivity (Wildman–Crippen MR) is 109 cm³/mol. The lowest BCUT2D eigenvalue weighted by Crippen LogP contribution is -2.34. The van der Waals surface area contributed by atoms with Gasteiger partial charge in [-0.25, -0.2) is 0 Å². The van der Waals surface area contributed by atoms with E-state index in [0.29, 0.717) is 0 Å². The maximum absolute atomic E-state index is 4.44. The van der Waals surface area contributed by atoms with E-state index in [9.17, 15) is 0 Å². The van der Waals surface area contributed by atoms with Gasteiger partial charge in [0, 0.05) is 11.9 Å². The van der Waals surface area contributed by atoms with E-state index in [-0.39, 0.29) is 10.8 Å². The summed E-state index contributed by atoms with van der Waals surface area (Å²) in [5, 5.41) is 0.